The Morgan fingerprint density at radius 3 is 2.63 bits per heavy atom. The third-order valence-corrected chi connectivity index (χ3v) is 5.68. The van der Waals surface area contributed by atoms with E-state index in [1.165, 1.54) is 22.7 Å². The first-order chi connectivity index (χ1) is 14.3. The van der Waals surface area contributed by atoms with Crippen molar-refractivity contribution < 1.29 is 13.6 Å². The van der Waals surface area contributed by atoms with E-state index in [9.17, 15) is 18.4 Å². The number of aromatic nitrogens is 3. The first-order valence-electron chi connectivity index (χ1n) is 9.23. The SMILES string of the molecule is CSN(C)c1cc(F)c(F)cc1Nc1cc(NC(=O)C2CC2)nc2[nH]n(C)c(=O)c12. The molecule has 158 valence electrons. The highest BCUT2D eigenvalue weighted by Crippen LogP contribution is 2.35. The third kappa shape index (κ3) is 3.72. The van der Waals surface area contributed by atoms with Crippen LogP contribution in [0.2, 0.25) is 0 Å². The van der Waals surface area contributed by atoms with Crippen molar-refractivity contribution in [2.75, 3.05) is 28.2 Å². The first kappa shape index (κ1) is 20.2. The molecule has 0 unspecified atom stereocenters. The number of nitrogens with one attached hydrogen (secondary N) is 3. The van der Waals surface area contributed by atoms with Gasteiger partial charge in [-0.2, -0.15) is 0 Å². The van der Waals surface area contributed by atoms with Crippen molar-refractivity contribution in [1.29, 1.82) is 0 Å². The van der Waals surface area contributed by atoms with E-state index in [1.54, 1.807) is 24.7 Å². The van der Waals surface area contributed by atoms with Gasteiger partial charge in [0.1, 0.15) is 11.2 Å². The predicted octanol–water partition coefficient (Wildman–Crippen LogP) is 3.35. The van der Waals surface area contributed by atoms with Gasteiger partial charge in [0, 0.05) is 44.5 Å². The number of hydrogen-bond donors (Lipinski definition) is 3. The lowest BCUT2D eigenvalue weighted by Gasteiger charge is -2.21. The summed E-state index contributed by atoms with van der Waals surface area (Å²) in [5.41, 5.74) is 0.890. The Kier molecular flexibility index (Phi) is 5.14. The Bertz CT molecular complexity index is 1200. The van der Waals surface area contributed by atoms with Gasteiger partial charge in [-0.05, 0) is 12.8 Å². The molecule has 0 aliphatic heterocycles. The van der Waals surface area contributed by atoms with Gasteiger partial charge in [0.2, 0.25) is 5.91 Å². The maximum Gasteiger partial charge on any atom is 0.277 e. The second-order valence-corrected chi connectivity index (χ2v) is 8.02. The number of pyridine rings is 1. The quantitative estimate of drug-likeness (QED) is 0.515. The highest BCUT2D eigenvalue weighted by atomic mass is 32.2. The van der Waals surface area contributed by atoms with Crippen LogP contribution in [-0.4, -0.2) is 34.0 Å². The number of carbonyl (C=O) groups excluding carboxylic acids is 1. The minimum Gasteiger partial charge on any atom is -0.353 e. The Labute approximate surface area is 174 Å². The van der Waals surface area contributed by atoms with Gasteiger partial charge in [0.05, 0.1) is 17.1 Å². The Morgan fingerprint density at radius 2 is 1.97 bits per heavy atom. The van der Waals surface area contributed by atoms with Crippen molar-refractivity contribution >= 4 is 51.8 Å². The topological polar surface area (TPSA) is 95.0 Å². The average molecular weight is 434 g/mol. The van der Waals surface area contributed by atoms with Gasteiger partial charge in [-0.25, -0.2) is 13.8 Å². The van der Waals surface area contributed by atoms with Crippen molar-refractivity contribution in [1.82, 2.24) is 14.8 Å². The van der Waals surface area contributed by atoms with E-state index in [1.807, 2.05) is 0 Å². The summed E-state index contributed by atoms with van der Waals surface area (Å²) >= 11 is 1.31. The molecule has 1 amide bonds. The summed E-state index contributed by atoms with van der Waals surface area (Å²) in [6.07, 6.45) is 3.46. The molecule has 4 rings (SSSR count). The fraction of sp³-hybridized carbons (Fsp3) is 0.316. The molecule has 0 bridgehead atoms. The van der Waals surface area contributed by atoms with Crippen LogP contribution in [0.25, 0.3) is 11.0 Å². The Balaban J connectivity index is 1.82. The zero-order valence-electron chi connectivity index (χ0n) is 16.5. The Hall–Kier alpha value is -3.08. The molecular formula is C19H20F2N6O2S. The van der Waals surface area contributed by atoms with Crippen molar-refractivity contribution in [2.45, 2.75) is 12.8 Å². The van der Waals surface area contributed by atoms with Crippen molar-refractivity contribution in [3.05, 3.63) is 40.2 Å². The molecule has 1 aliphatic carbocycles. The van der Waals surface area contributed by atoms with Crippen molar-refractivity contribution in [2.24, 2.45) is 13.0 Å². The predicted molar refractivity (Wildman–Crippen MR) is 114 cm³/mol. The summed E-state index contributed by atoms with van der Waals surface area (Å²) in [5, 5.41) is 8.85. The van der Waals surface area contributed by atoms with Crippen LogP contribution in [0, 0.1) is 17.6 Å². The minimum atomic E-state index is -1.02. The molecule has 3 N–H and O–H groups in total. The lowest BCUT2D eigenvalue weighted by Crippen LogP contribution is -2.15. The lowest BCUT2D eigenvalue weighted by molar-refractivity contribution is -0.117. The lowest BCUT2D eigenvalue weighted by atomic mass is 10.2. The molecule has 1 aliphatic rings. The van der Waals surface area contributed by atoms with Crippen LogP contribution in [-0.2, 0) is 11.8 Å². The highest BCUT2D eigenvalue weighted by molar-refractivity contribution is 7.99. The normalized spacial score (nSPS) is 13.5. The van der Waals surface area contributed by atoms with E-state index in [0.717, 1.165) is 25.0 Å². The molecule has 3 aromatic rings. The number of amides is 1. The largest absolute Gasteiger partial charge is 0.353 e. The second-order valence-electron chi connectivity index (χ2n) is 7.11. The van der Waals surface area contributed by atoms with Crippen LogP contribution >= 0.6 is 11.9 Å². The first-order valence-corrected chi connectivity index (χ1v) is 10.4. The summed E-state index contributed by atoms with van der Waals surface area (Å²) in [5.74, 6) is -1.91. The standard InChI is InChI=1S/C19H20F2N6O2S/c1-26-19(29)16-13(8-15(23-17(16)25-26)24-18(28)9-4-5-9)22-12-6-10(20)11(21)7-14(12)27(2)30-3/h6-9H,4-5H2,1-3H3,(H3,22,23,24,25,28). The van der Waals surface area contributed by atoms with Gasteiger partial charge in [0.15, 0.2) is 17.3 Å². The fourth-order valence-corrected chi connectivity index (χ4v) is 3.44. The summed E-state index contributed by atoms with van der Waals surface area (Å²) in [7, 11) is 3.25. The van der Waals surface area contributed by atoms with Crippen LogP contribution in [0.4, 0.5) is 31.7 Å². The molecule has 1 aromatic carbocycles. The van der Waals surface area contributed by atoms with E-state index in [0.29, 0.717) is 11.4 Å². The summed E-state index contributed by atoms with van der Waals surface area (Å²) in [4.78, 5) is 29.1. The number of anilines is 4. The van der Waals surface area contributed by atoms with Crippen LogP contribution in [0.15, 0.2) is 23.0 Å². The molecule has 0 saturated heterocycles. The maximum absolute atomic E-state index is 14.0. The van der Waals surface area contributed by atoms with Crippen LogP contribution in [0.3, 0.4) is 0 Å². The molecule has 0 spiro atoms. The molecule has 8 nitrogen and oxygen atoms in total. The number of aromatic amines is 1. The number of carbonyl (C=O) groups is 1. The molecule has 1 fully saturated rings. The number of halogens is 2. The van der Waals surface area contributed by atoms with Crippen LogP contribution < -0.4 is 20.5 Å². The van der Waals surface area contributed by atoms with E-state index in [-0.39, 0.29) is 39.9 Å². The molecule has 2 aromatic heterocycles. The monoisotopic (exact) mass is 434 g/mol. The number of nitrogens with zero attached hydrogens (tertiary/aromatic N) is 3. The van der Waals surface area contributed by atoms with Crippen LogP contribution in [0.1, 0.15) is 12.8 Å². The summed E-state index contributed by atoms with van der Waals surface area (Å²) in [6.45, 7) is 0. The number of rotatable bonds is 6. The fourth-order valence-electron chi connectivity index (χ4n) is 3.10. The number of hydrogen-bond acceptors (Lipinski definition) is 6. The molecule has 0 atom stereocenters. The zero-order valence-corrected chi connectivity index (χ0v) is 17.4. The van der Waals surface area contributed by atoms with Crippen LogP contribution in [0.5, 0.6) is 0 Å². The minimum absolute atomic E-state index is 0.0262. The molecule has 2 heterocycles. The van der Waals surface area contributed by atoms with Gasteiger partial charge in [-0.1, -0.05) is 11.9 Å². The zero-order chi connectivity index (χ0) is 21.6. The smallest absolute Gasteiger partial charge is 0.277 e. The maximum atomic E-state index is 14.0. The third-order valence-electron chi connectivity index (χ3n) is 4.93. The Morgan fingerprint density at radius 1 is 1.27 bits per heavy atom. The molecule has 11 heteroatoms. The van der Waals surface area contributed by atoms with Gasteiger partial charge in [-0.15, -0.1) is 0 Å². The van der Waals surface area contributed by atoms with E-state index < -0.39 is 11.6 Å². The molecule has 1 saturated carbocycles. The van der Waals surface area contributed by atoms with Gasteiger partial charge in [0.25, 0.3) is 5.56 Å². The van der Waals surface area contributed by atoms with Gasteiger partial charge in [-0.3, -0.25) is 19.4 Å². The molecule has 0 radical (unpaired) electrons. The highest BCUT2D eigenvalue weighted by Gasteiger charge is 2.30. The van der Waals surface area contributed by atoms with Crippen molar-refractivity contribution in [3.8, 4) is 0 Å². The number of benzene rings is 1. The van der Waals surface area contributed by atoms with E-state index in [2.05, 4.69) is 20.7 Å². The number of aryl methyl sites for hydroxylation is 1. The van der Waals surface area contributed by atoms with E-state index >= 15 is 0 Å². The van der Waals surface area contributed by atoms with Gasteiger partial charge < -0.3 is 14.9 Å². The van der Waals surface area contributed by atoms with E-state index in [4.69, 9.17) is 0 Å². The number of fused-ring (bicyclic) bond motifs is 1. The average Bonchev–Trinajstić information content (AvgIpc) is 3.51. The summed E-state index contributed by atoms with van der Waals surface area (Å²) in [6, 6.07) is 3.63. The van der Waals surface area contributed by atoms with Crippen molar-refractivity contribution in [3.63, 3.8) is 0 Å². The second kappa shape index (κ2) is 7.63. The number of H-pyrrole nitrogens is 1. The summed E-state index contributed by atoms with van der Waals surface area (Å²) < 4.78 is 30.8. The molecule has 30 heavy (non-hydrogen) atoms. The van der Waals surface area contributed by atoms with Gasteiger partial charge >= 0.3 is 0 Å². The molecular weight excluding hydrogens is 414 g/mol.